The van der Waals surface area contributed by atoms with Crippen LogP contribution in [0.1, 0.15) is 33.9 Å². The number of nitrogens with zero attached hydrogens (tertiary/aromatic N) is 1. The van der Waals surface area contributed by atoms with Gasteiger partial charge in [0.05, 0.1) is 29.9 Å². The van der Waals surface area contributed by atoms with Crippen LogP contribution in [0.4, 0.5) is 5.69 Å². The van der Waals surface area contributed by atoms with Crippen molar-refractivity contribution >= 4 is 38.9 Å². The van der Waals surface area contributed by atoms with E-state index in [-0.39, 0.29) is 40.6 Å². The number of ether oxygens (including phenoxy) is 2. The Morgan fingerprint density at radius 1 is 1.03 bits per heavy atom. The molecule has 2 heterocycles. The van der Waals surface area contributed by atoms with Crippen LogP contribution < -0.4 is 5.32 Å². The highest BCUT2D eigenvalue weighted by Crippen LogP contribution is 2.35. The lowest BCUT2D eigenvalue weighted by Crippen LogP contribution is -2.48. The van der Waals surface area contributed by atoms with Gasteiger partial charge >= 0.3 is 5.97 Å². The maximum absolute atomic E-state index is 13.1. The normalized spacial score (nSPS) is 18.7. The topological polar surface area (TPSA) is 102 Å². The fourth-order valence-corrected chi connectivity index (χ4v) is 6.55. The number of amides is 1. The zero-order chi connectivity index (χ0) is 25.2. The standard InChI is InChI=1S/C25H26N2O6S2/c1-16-14-27(15-17(2)33-16)35(30,31)20-11-9-19(10-12-20)24(28)26-21-13-22(18-7-5-4-6-8-18)34-23(21)25(29)32-3/h4-13,16-17H,14-15H2,1-3H3,(H,26,28)/t16-,17-/m1/s1. The molecule has 1 aliphatic rings. The molecule has 1 fully saturated rings. The van der Waals surface area contributed by atoms with Gasteiger partial charge in [-0.25, -0.2) is 13.2 Å². The summed E-state index contributed by atoms with van der Waals surface area (Å²) in [5.74, 6) is -1.02. The maximum Gasteiger partial charge on any atom is 0.350 e. The second-order valence-electron chi connectivity index (χ2n) is 8.27. The molecule has 0 aliphatic carbocycles. The zero-order valence-electron chi connectivity index (χ0n) is 19.6. The second-order valence-corrected chi connectivity index (χ2v) is 11.3. The summed E-state index contributed by atoms with van der Waals surface area (Å²) in [7, 11) is -2.43. The van der Waals surface area contributed by atoms with Crippen molar-refractivity contribution in [2.24, 2.45) is 0 Å². The molecule has 184 valence electrons. The van der Waals surface area contributed by atoms with Crippen LogP contribution in [0.2, 0.25) is 0 Å². The molecular weight excluding hydrogens is 488 g/mol. The molecule has 8 nitrogen and oxygen atoms in total. The number of esters is 1. The van der Waals surface area contributed by atoms with Crippen LogP contribution in [-0.4, -0.2) is 57.0 Å². The molecule has 3 aromatic rings. The number of carbonyl (C=O) groups is 2. The molecule has 0 bridgehead atoms. The third kappa shape index (κ3) is 5.46. The monoisotopic (exact) mass is 514 g/mol. The number of methoxy groups -OCH3 is 1. The number of carbonyl (C=O) groups excluding carboxylic acids is 2. The molecule has 0 spiro atoms. The van der Waals surface area contributed by atoms with Gasteiger partial charge in [-0.2, -0.15) is 4.31 Å². The van der Waals surface area contributed by atoms with Gasteiger partial charge < -0.3 is 14.8 Å². The molecule has 10 heteroatoms. The molecule has 1 saturated heterocycles. The highest BCUT2D eigenvalue weighted by molar-refractivity contribution is 7.89. The lowest BCUT2D eigenvalue weighted by atomic mass is 10.2. The first-order valence-corrected chi connectivity index (χ1v) is 13.3. The molecule has 4 rings (SSSR count). The zero-order valence-corrected chi connectivity index (χ0v) is 21.2. The van der Waals surface area contributed by atoms with E-state index in [0.29, 0.717) is 5.69 Å². The number of thiophene rings is 1. The van der Waals surface area contributed by atoms with E-state index in [2.05, 4.69) is 5.32 Å². The number of rotatable bonds is 6. The lowest BCUT2D eigenvalue weighted by molar-refractivity contribution is -0.0440. The molecule has 2 atom stereocenters. The van der Waals surface area contributed by atoms with Crippen LogP contribution in [0.5, 0.6) is 0 Å². The van der Waals surface area contributed by atoms with Crippen LogP contribution in [0.15, 0.2) is 65.6 Å². The molecule has 0 radical (unpaired) electrons. The Morgan fingerprint density at radius 3 is 2.26 bits per heavy atom. The van der Waals surface area contributed by atoms with Crippen molar-refractivity contribution in [3.8, 4) is 10.4 Å². The summed E-state index contributed by atoms with van der Waals surface area (Å²) >= 11 is 1.22. The van der Waals surface area contributed by atoms with Crippen LogP contribution in [0.3, 0.4) is 0 Å². The summed E-state index contributed by atoms with van der Waals surface area (Å²) in [5, 5.41) is 2.76. The predicted octanol–water partition coefficient (Wildman–Crippen LogP) is 4.25. The van der Waals surface area contributed by atoms with Gasteiger partial charge in [0.2, 0.25) is 10.0 Å². The van der Waals surface area contributed by atoms with Gasteiger partial charge in [0.1, 0.15) is 4.88 Å². The Morgan fingerprint density at radius 2 is 1.66 bits per heavy atom. The second kappa shape index (κ2) is 10.3. The average Bonchev–Trinajstić information content (AvgIpc) is 3.27. The van der Waals surface area contributed by atoms with E-state index in [1.54, 1.807) is 6.07 Å². The average molecular weight is 515 g/mol. The van der Waals surface area contributed by atoms with Gasteiger partial charge in [0.15, 0.2) is 0 Å². The number of hydrogen-bond donors (Lipinski definition) is 1. The van der Waals surface area contributed by atoms with Gasteiger partial charge in [-0.3, -0.25) is 4.79 Å². The van der Waals surface area contributed by atoms with E-state index in [1.807, 2.05) is 44.2 Å². The van der Waals surface area contributed by atoms with Crippen molar-refractivity contribution in [1.29, 1.82) is 0 Å². The van der Waals surface area contributed by atoms with Crippen LogP contribution >= 0.6 is 11.3 Å². The van der Waals surface area contributed by atoms with Crippen molar-refractivity contribution in [3.05, 3.63) is 71.1 Å². The maximum atomic E-state index is 13.1. The Kier molecular flexibility index (Phi) is 7.36. The SMILES string of the molecule is COC(=O)c1sc(-c2ccccc2)cc1NC(=O)c1ccc(S(=O)(=O)N2C[C@@H](C)O[C@H](C)C2)cc1. The molecule has 1 N–H and O–H groups in total. The molecule has 35 heavy (non-hydrogen) atoms. The molecule has 1 aromatic heterocycles. The van der Waals surface area contributed by atoms with E-state index >= 15 is 0 Å². The molecule has 0 unspecified atom stereocenters. The minimum atomic E-state index is -3.72. The van der Waals surface area contributed by atoms with Crippen LogP contribution in [0.25, 0.3) is 10.4 Å². The molecular formula is C25H26N2O6S2. The number of nitrogens with one attached hydrogen (secondary N) is 1. The number of anilines is 1. The number of morpholine rings is 1. The van der Waals surface area contributed by atoms with E-state index in [1.165, 1.54) is 47.0 Å². The molecule has 0 saturated carbocycles. The first-order chi connectivity index (χ1) is 16.7. The van der Waals surface area contributed by atoms with Crippen LogP contribution in [-0.2, 0) is 19.5 Å². The van der Waals surface area contributed by atoms with Crippen molar-refractivity contribution < 1.29 is 27.5 Å². The summed E-state index contributed by atoms with van der Waals surface area (Å²) in [6, 6.07) is 17.0. The molecule has 2 aromatic carbocycles. The first-order valence-electron chi connectivity index (χ1n) is 11.0. The van der Waals surface area contributed by atoms with Gasteiger partial charge in [-0.05, 0) is 49.7 Å². The minimum absolute atomic E-state index is 0.104. The Hall–Kier alpha value is -3.05. The summed E-state index contributed by atoms with van der Waals surface area (Å²) in [5.41, 5.74) is 1.50. The third-order valence-corrected chi connectivity index (χ3v) is 8.56. The Bertz CT molecular complexity index is 1310. The lowest BCUT2D eigenvalue weighted by Gasteiger charge is -2.34. The van der Waals surface area contributed by atoms with E-state index in [9.17, 15) is 18.0 Å². The summed E-state index contributed by atoms with van der Waals surface area (Å²) < 4.78 is 38.0. The summed E-state index contributed by atoms with van der Waals surface area (Å²) in [6.07, 6.45) is -0.400. The van der Waals surface area contributed by atoms with E-state index in [4.69, 9.17) is 9.47 Å². The fraction of sp³-hybridized carbons (Fsp3) is 0.280. The largest absolute Gasteiger partial charge is 0.465 e. The minimum Gasteiger partial charge on any atom is -0.465 e. The van der Waals surface area contributed by atoms with Gasteiger partial charge in [-0.15, -0.1) is 11.3 Å². The van der Waals surface area contributed by atoms with Crippen molar-refractivity contribution in [2.45, 2.75) is 31.0 Å². The van der Waals surface area contributed by atoms with Crippen LogP contribution in [0, 0.1) is 0 Å². The van der Waals surface area contributed by atoms with Crippen molar-refractivity contribution in [1.82, 2.24) is 4.31 Å². The number of sulfonamides is 1. The van der Waals surface area contributed by atoms with E-state index < -0.39 is 21.9 Å². The highest BCUT2D eigenvalue weighted by Gasteiger charge is 2.32. The van der Waals surface area contributed by atoms with Gasteiger partial charge in [-0.1, -0.05) is 30.3 Å². The molecule has 1 amide bonds. The van der Waals surface area contributed by atoms with Crippen molar-refractivity contribution in [3.63, 3.8) is 0 Å². The van der Waals surface area contributed by atoms with E-state index in [0.717, 1.165) is 10.4 Å². The predicted molar refractivity (Wildman–Crippen MR) is 134 cm³/mol. The third-order valence-electron chi connectivity index (χ3n) is 5.55. The first kappa shape index (κ1) is 25.1. The number of hydrogen-bond acceptors (Lipinski definition) is 7. The van der Waals surface area contributed by atoms with Gasteiger partial charge in [0.25, 0.3) is 5.91 Å². The van der Waals surface area contributed by atoms with Crippen molar-refractivity contribution in [2.75, 3.05) is 25.5 Å². The smallest absolute Gasteiger partial charge is 0.350 e. The highest BCUT2D eigenvalue weighted by atomic mass is 32.2. The fourth-order valence-electron chi connectivity index (χ4n) is 3.92. The molecule has 1 aliphatic heterocycles. The summed E-state index contributed by atoms with van der Waals surface area (Å²) in [4.78, 5) is 26.4. The quantitative estimate of drug-likeness (QED) is 0.494. The number of benzene rings is 2. The Labute approximate surface area is 208 Å². The summed E-state index contributed by atoms with van der Waals surface area (Å²) in [6.45, 7) is 4.21. The van der Waals surface area contributed by atoms with Gasteiger partial charge in [0, 0.05) is 23.5 Å². The Balaban J connectivity index is 1.55.